The number of imide groups is 1. The van der Waals surface area contributed by atoms with E-state index in [4.69, 9.17) is 0 Å². The summed E-state index contributed by atoms with van der Waals surface area (Å²) in [5.41, 5.74) is 3.14. The summed E-state index contributed by atoms with van der Waals surface area (Å²) in [6, 6.07) is 12.7. The van der Waals surface area contributed by atoms with E-state index in [0.717, 1.165) is 42.9 Å². The van der Waals surface area contributed by atoms with Crippen LogP contribution in [0.3, 0.4) is 0 Å². The summed E-state index contributed by atoms with van der Waals surface area (Å²) in [4.78, 5) is 40.0. The molecule has 1 fully saturated rings. The minimum Gasteiger partial charge on any atom is -0.393 e. The van der Waals surface area contributed by atoms with Gasteiger partial charge in [-0.2, -0.15) is 0 Å². The summed E-state index contributed by atoms with van der Waals surface area (Å²) in [5, 5.41) is 12.5. The number of hydrogen-bond acceptors (Lipinski definition) is 5. The number of piperidine rings is 1. The van der Waals surface area contributed by atoms with Crippen LogP contribution in [0.5, 0.6) is 0 Å². The van der Waals surface area contributed by atoms with Gasteiger partial charge in [0.25, 0.3) is 17.7 Å². The van der Waals surface area contributed by atoms with E-state index in [1.54, 1.807) is 6.07 Å². The first-order valence-electron chi connectivity index (χ1n) is 10.2. The number of amides is 3. The molecule has 7 nitrogen and oxygen atoms in total. The van der Waals surface area contributed by atoms with Crippen LogP contribution in [-0.2, 0) is 13.1 Å². The van der Waals surface area contributed by atoms with Gasteiger partial charge < -0.3 is 10.4 Å². The monoisotopic (exact) mass is 407 g/mol. The highest BCUT2D eigenvalue weighted by atomic mass is 16.3. The van der Waals surface area contributed by atoms with Gasteiger partial charge in [-0.15, -0.1) is 0 Å². The summed E-state index contributed by atoms with van der Waals surface area (Å²) >= 11 is 0. The Morgan fingerprint density at radius 2 is 1.63 bits per heavy atom. The molecule has 0 atom stereocenters. The Labute approximate surface area is 175 Å². The Bertz CT molecular complexity index is 978. The van der Waals surface area contributed by atoms with E-state index < -0.39 is 0 Å². The zero-order chi connectivity index (χ0) is 21.3. The van der Waals surface area contributed by atoms with Crippen molar-refractivity contribution in [3.8, 4) is 0 Å². The van der Waals surface area contributed by atoms with E-state index in [9.17, 15) is 19.5 Å². The van der Waals surface area contributed by atoms with Crippen molar-refractivity contribution >= 4 is 17.7 Å². The molecule has 1 saturated heterocycles. The average Bonchev–Trinajstić information content (AvgIpc) is 2.98. The molecule has 2 N–H and O–H groups in total. The highest BCUT2D eigenvalue weighted by Gasteiger charge is 2.33. The van der Waals surface area contributed by atoms with Gasteiger partial charge in [0, 0.05) is 38.8 Å². The number of carbonyl (C=O) groups excluding carboxylic acids is 3. The normalized spacial score (nSPS) is 17.3. The second kappa shape index (κ2) is 8.38. The van der Waals surface area contributed by atoms with Crippen LogP contribution in [0.1, 0.15) is 55.0 Å². The minimum atomic E-state index is -0.386. The van der Waals surface area contributed by atoms with Crippen LogP contribution < -0.4 is 5.32 Å². The largest absolute Gasteiger partial charge is 0.393 e. The molecule has 0 saturated carbocycles. The number of nitrogens with one attached hydrogen (secondary N) is 1. The highest BCUT2D eigenvalue weighted by molar-refractivity contribution is 6.21. The number of likely N-dealkylation sites (tertiary alicyclic amines) is 1. The van der Waals surface area contributed by atoms with Crippen LogP contribution in [0.2, 0.25) is 0 Å². The number of aliphatic hydroxyl groups is 1. The van der Waals surface area contributed by atoms with Crippen LogP contribution in [0.4, 0.5) is 0 Å². The maximum Gasteiger partial charge on any atom is 0.261 e. The first-order valence-corrected chi connectivity index (χ1v) is 10.2. The standard InChI is InChI=1S/C23H25N3O4/c1-25-22(29)19-7-6-17(12-20(19)23(25)30)21(28)24-13-15-2-4-16(5-3-15)14-26-10-8-18(27)9-11-26/h2-7,12,18,27H,8-11,13-14H2,1H3,(H,24,28). The molecule has 2 aromatic carbocycles. The molecule has 2 heterocycles. The summed E-state index contributed by atoms with van der Waals surface area (Å²) in [5.74, 6) is -1.02. The number of hydrogen-bond donors (Lipinski definition) is 2. The van der Waals surface area contributed by atoms with Gasteiger partial charge in [0.05, 0.1) is 17.2 Å². The van der Waals surface area contributed by atoms with Crippen molar-refractivity contribution in [2.75, 3.05) is 20.1 Å². The fourth-order valence-electron chi connectivity index (χ4n) is 3.89. The molecule has 2 aliphatic heterocycles. The van der Waals surface area contributed by atoms with Crippen LogP contribution in [0.25, 0.3) is 0 Å². The Morgan fingerprint density at radius 3 is 2.33 bits per heavy atom. The third kappa shape index (κ3) is 4.13. The third-order valence-corrected chi connectivity index (χ3v) is 5.79. The second-order valence-electron chi connectivity index (χ2n) is 7.94. The maximum absolute atomic E-state index is 12.5. The predicted octanol–water partition coefficient (Wildman–Crippen LogP) is 1.80. The SMILES string of the molecule is CN1C(=O)c2ccc(C(=O)NCc3ccc(CN4CCC(O)CC4)cc3)cc2C1=O. The van der Waals surface area contributed by atoms with Gasteiger partial charge in [-0.1, -0.05) is 24.3 Å². The molecule has 4 rings (SSSR count). The van der Waals surface area contributed by atoms with Gasteiger partial charge >= 0.3 is 0 Å². The van der Waals surface area contributed by atoms with E-state index in [0.29, 0.717) is 17.7 Å². The molecule has 2 aliphatic rings. The Balaban J connectivity index is 1.33. The van der Waals surface area contributed by atoms with Gasteiger partial charge in [-0.05, 0) is 42.2 Å². The number of nitrogens with zero attached hydrogens (tertiary/aromatic N) is 2. The molecule has 0 spiro atoms. The van der Waals surface area contributed by atoms with Crippen LogP contribution in [0.15, 0.2) is 42.5 Å². The van der Waals surface area contributed by atoms with E-state index in [-0.39, 0.29) is 29.4 Å². The van der Waals surface area contributed by atoms with Crippen LogP contribution in [0, 0.1) is 0 Å². The topological polar surface area (TPSA) is 90.0 Å². The number of rotatable bonds is 5. The zero-order valence-electron chi connectivity index (χ0n) is 16.9. The predicted molar refractivity (Wildman–Crippen MR) is 111 cm³/mol. The van der Waals surface area contributed by atoms with Crippen LogP contribution in [-0.4, -0.2) is 58.9 Å². The molecule has 2 aromatic rings. The molecule has 0 bridgehead atoms. The van der Waals surface area contributed by atoms with Crippen molar-refractivity contribution in [2.24, 2.45) is 0 Å². The number of carbonyl (C=O) groups is 3. The lowest BCUT2D eigenvalue weighted by atomic mass is 10.0. The summed E-state index contributed by atoms with van der Waals surface area (Å²) in [6.45, 7) is 3.04. The van der Waals surface area contributed by atoms with E-state index in [2.05, 4.69) is 22.3 Å². The van der Waals surface area contributed by atoms with Crippen molar-refractivity contribution in [3.05, 3.63) is 70.3 Å². The molecule has 3 amide bonds. The van der Waals surface area contributed by atoms with Gasteiger partial charge in [0.2, 0.25) is 0 Å². The van der Waals surface area contributed by atoms with E-state index in [1.807, 2.05) is 12.1 Å². The molecule has 7 heteroatoms. The number of aliphatic hydroxyl groups excluding tert-OH is 1. The zero-order valence-corrected chi connectivity index (χ0v) is 16.9. The molecule has 0 unspecified atom stereocenters. The summed E-state index contributed by atoms with van der Waals surface area (Å²) < 4.78 is 0. The smallest absolute Gasteiger partial charge is 0.261 e. The second-order valence-corrected chi connectivity index (χ2v) is 7.94. The summed E-state index contributed by atoms with van der Waals surface area (Å²) in [7, 11) is 1.43. The molecule has 0 aromatic heterocycles. The molecule has 0 aliphatic carbocycles. The fourth-order valence-corrected chi connectivity index (χ4v) is 3.89. The first kappa shape index (κ1) is 20.3. The van der Waals surface area contributed by atoms with Gasteiger partial charge in [-0.3, -0.25) is 24.2 Å². The quantitative estimate of drug-likeness (QED) is 0.738. The lowest BCUT2D eigenvalue weighted by Crippen LogP contribution is -2.35. The molecule has 30 heavy (non-hydrogen) atoms. The van der Waals surface area contributed by atoms with Crippen molar-refractivity contribution in [2.45, 2.75) is 32.0 Å². The summed E-state index contributed by atoms with van der Waals surface area (Å²) in [6.07, 6.45) is 1.48. The Kier molecular flexibility index (Phi) is 5.65. The third-order valence-electron chi connectivity index (χ3n) is 5.79. The minimum absolute atomic E-state index is 0.169. The van der Waals surface area contributed by atoms with E-state index >= 15 is 0 Å². The lowest BCUT2D eigenvalue weighted by molar-refractivity contribution is 0.0692. The van der Waals surface area contributed by atoms with Crippen molar-refractivity contribution in [1.82, 2.24) is 15.1 Å². The van der Waals surface area contributed by atoms with E-state index in [1.165, 1.54) is 24.7 Å². The molecular weight excluding hydrogens is 382 g/mol. The first-order chi connectivity index (χ1) is 14.4. The highest BCUT2D eigenvalue weighted by Crippen LogP contribution is 2.22. The average molecular weight is 407 g/mol. The molecular formula is C23H25N3O4. The Hall–Kier alpha value is -3.03. The molecule has 156 valence electrons. The van der Waals surface area contributed by atoms with Crippen LogP contribution >= 0.6 is 0 Å². The maximum atomic E-state index is 12.5. The van der Waals surface area contributed by atoms with Crippen molar-refractivity contribution in [3.63, 3.8) is 0 Å². The number of fused-ring (bicyclic) bond motifs is 1. The molecule has 0 radical (unpaired) electrons. The fraction of sp³-hybridized carbons (Fsp3) is 0.348. The van der Waals surface area contributed by atoms with Crippen molar-refractivity contribution in [1.29, 1.82) is 0 Å². The van der Waals surface area contributed by atoms with Gasteiger partial charge in [-0.25, -0.2) is 0 Å². The lowest BCUT2D eigenvalue weighted by Gasteiger charge is -2.29. The van der Waals surface area contributed by atoms with Gasteiger partial charge in [0.15, 0.2) is 0 Å². The number of benzene rings is 2. The van der Waals surface area contributed by atoms with Gasteiger partial charge in [0.1, 0.15) is 0 Å². The van der Waals surface area contributed by atoms with Crippen molar-refractivity contribution < 1.29 is 19.5 Å². The Morgan fingerprint density at radius 1 is 1.00 bits per heavy atom.